The molecule has 0 saturated heterocycles. The molecule has 0 heterocycles. The Morgan fingerprint density at radius 3 is 2.50 bits per heavy atom. The van der Waals surface area contributed by atoms with Gasteiger partial charge in [-0.05, 0) is 24.3 Å². The topological polar surface area (TPSA) is 67.4 Å². The number of urea groups is 1. The third-order valence-corrected chi connectivity index (χ3v) is 3.37. The molecule has 0 spiro atoms. The summed E-state index contributed by atoms with van der Waals surface area (Å²) < 4.78 is 4.94. The largest absolute Gasteiger partial charge is 0.427 e. The smallest absolute Gasteiger partial charge is 0.323 e. The molecule has 0 saturated carbocycles. The van der Waals surface area contributed by atoms with E-state index in [2.05, 4.69) is 10.6 Å². The lowest BCUT2D eigenvalue weighted by Crippen LogP contribution is -2.19. The highest BCUT2D eigenvalue weighted by Crippen LogP contribution is 2.29. The van der Waals surface area contributed by atoms with Crippen molar-refractivity contribution < 1.29 is 14.3 Å². The molecule has 0 aliphatic heterocycles. The van der Waals surface area contributed by atoms with E-state index in [-0.39, 0.29) is 5.02 Å². The zero-order valence-electron chi connectivity index (χ0n) is 11.5. The number of nitrogens with one attached hydrogen (secondary N) is 2. The van der Waals surface area contributed by atoms with E-state index >= 15 is 0 Å². The predicted octanol–water partition coefficient (Wildman–Crippen LogP) is 4.56. The molecule has 2 aromatic carbocycles. The summed E-state index contributed by atoms with van der Waals surface area (Å²) >= 11 is 11.9. The average Bonchev–Trinajstić information content (AvgIpc) is 2.43. The van der Waals surface area contributed by atoms with Gasteiger partial charge in [0, 0.05) is 18.7 Å². The summed E-state index contributed by atoms with van der Waals surface area (Å²) in [4.78, 5) is 22.9. The Morgan fingerprint density at radius 2 is 1.77 bits per heavy atom. The molecule has 0 aliphatic rings. The number of carbonyl (C=O) groups excluding carboxylic acids is 2. The van der Waals surface area contributed by atoms with E-state index in [9.17, 15) is 9.59 Å². The zero-order valence-corrected chi connectivity index (χ0v) is 13.0. The first-order valence-electron chi connectivity index (χ1n) is 6.26. The van der Waals surface area contributed by atoms with Crippen molar-refractivity contribution in [3.8, 4) is 5.75 Å². The van der Waals surface area contributed by atoms with Crippen molar-refractivity contribution in [1.82, 2.24) is 0 Å². The fourth-order valence-corrected chi connectivity index (χ4v) is 2.04. The number of hydrogen-bond donors (Lipinski definition) is 2. The van der Waals surface area contributed by atoms with E-state index in [4.69, 9.17) is 27.9 Å². The Bertz CT molecular complexity index is 720. The fourth-order valence-electron chi connectivity index (χ4n) is 1.69. The summed E-state index contributed by atoms with van der Waals surface area (Å²) in [6.07, 6.45) is 0. The molecular formula is C15H12Cl2N2O3. The average molecular weight is 339 g/mol. The van der Waals surface area contributed by atoms with Gasteiger partial charge in [-0.1, -0.05) is 35.3 Å². The van der Waals surface area contributed by atoms with Gasteiger partial charge in [0.2, 0.25) is 0 Å². The first kappa shape index (κ1) is 16.1. The van der Waals surface area contributed by atoms with Crippen LogP contribution in [0.25, 0.3) is 0 Å². The minimum absolute atomic E-state index is 0.257. The van der Waals surface area contributed by atoms with Gasteiger partial charge in [-0.3, -0.25) is 4.79 Å². The fraction of sp³-hybridized carbons (Fsp3) is 0.0667. The van der Waals surface area contributed by atoms with Crippen LogP contribution in [0.15, 0.2) is 42.5 Å². The van der Waals surface area contributed by atoms with E-state index < -0.39 is 12.0 Å². The summed E-state index contributed by atoms with van der Waals surface area (Å²) in [5, 5.41) is 5.79. The maximum Gasteiger partial charge on any atom is 0.323 e. The number of ether oxygens (including phenoxy) is 1. The van der Waals surface area contributed by atoms with Crippen molar-refractivity contribution in [1.29, 1.82) is 0 Å². The molecule has 0 fully saturated rings. The van der Waals surface area contributed by atoms with E-state index in [0.29, 0.717) is 22.1 Å². The molecule has 0 radical (unpaired) electrons. The molecule has 0 unspecified atom stereocenters. The van der Waals surface area contributed by atoms with Gasteiger partial charge in [0.15, 0.2) is 0 Å². The number of anilines is 2. The monoisotopic (exact) mass is 338 g/mol. The molecule has 22 heavy (non-hydrogen) atoms. The Labute approximate surface area is 137 Å². The number of hydrogen-bond acceptors (Lipinski definition) is 3. The second kappa shape index (κ2) is 7.15. The zero-order chi connectivity index (χ0) is 16.1. The second-order valence-corrected chi connectivity index (χ2v) is 5.09. The van der Waals surface area contributed by atoms with Crippen LogP contribution >= 0.6 is 23.2 Å². The predicted molar refractivity (Wildman–Crippen MR) is 86.9 cm³/mol. The number of carbonyl (C=O) groups is 2. The van der Waals surface area contributed by atoms with Crippen LogP contribution in [0.5, 0.6) is 5.75 Å². The number of rotatable bonds is 3. The molecule has 0 bridgehead atoms. The first-order valence-corrected chi connectivity index (χ1v) is 7.02. The van der Waals surface area contributed by atoms with Gasteiger partial charge in [-0.25, -0.2) is 4.79 Å². The number of benzene rings is 2. The summed E-state index contributed by atoms with van der Waals surface area (Å²) in [7, 11) is 0. The van der Waals surface area contributed by atoms with Crippen LogP contribution in [0, 0.1) is 0 Å². The molecule has 2 N–H and O–H groups in total. The number of amides is 2. The molecule has 5 nitrogen and oxygen atoms in total. The second-order valence-electron chi connectivity index (χ2n) is 4.30. The van der Waals surface area contributed by atoms with Gasteiger partial charge >= 0.3 is 12.0 Å². The molecule has 114 valence electrons. The van der Waals surface area contributed by atoms with Gasteiger partial charge in [0.1, 0.15) is 5.75 Å². The first-order chi connectivity index (χ1) is 10.5. The highest BCUT2D eigenvalue weighted by Gasteiger charge is 2.09. The summed E-state index contributed by atoms with van der Waals surface area (Å²) in [6.45, 7) is 1.30. The maximum absolute atomic E-state index is 11.9. The van der Waals surface area contributed by atoms with Crippen molar-refractivity contribution in [2.24, 2.45) is 0 Å². The molecule has 2 amide bonds. The Balaban J connectivity index is 2.06. The number of halogens is 2. The van der Waals surface area contributed by atoms with E-state index in [1.165, 1.54) is 13.0 Å². The molecule has 0 aliphatic carbocycles. The molecule has 0 aromatic heterocycles. The van der Waals surface area contributed by atoms with Gasteiger partial charge < -0.3 is 15.4 Å². The normalized spacial score (nSPS) is 9.95. The molecular weight excluding hydrogens is 327 g/mol. The van der Waals surface area contributed by atoms with Crippen LogP contribution in [0.3, 0.4) is 0 Å². The van der Waals surface area contributed by atoms with Crippen molar-refractivity contribution in [2.75, 3.05) is 10.6 Å². The standard InChI is InChI=1S/C15H12Cl2N2O3/c1-9(20)22-11-5-2-4-10(8-11)18-15(21)19-13-7-3-6-12(16)14(13)17/h2-8H,1H3,(H2,18,19,21). The Hall–Kier alpha value is -2.24. The highest BCUT2D eigenvalue weighted by molar-refractivity contribution is 6.44. The molecule has 2 rings (SSSR count). The van der Waals surface area contributed by atoms with Crippen molar-refractivity contribution in [3.05, 3.63) is 52.5 Å². The van der Waals surface area contributed by atoms with Gasteiger partial charge in [0.05, 0.1) is 15.7 Å². The number of esters is 1. The summed E-state index contributed by atoms with van der Waals surface area (Å²) in [5.41, 5.74) is 0.859. The Kier molecular flexibility index (Phi) is 5.25. The summed E-state index contributed by atoms with van der Waals surface area (Å²) in [6, 6.07) is 10.9. The highest BCUT2D eigenvalue weighted by atomic mass is 35.5. The van der Waals surface area contributed by atoms with Crippen LogP contribution in [0.4, 0.5) is 16.2 Å². The minimum Gasteiger partial charge on any atom is -0.427 e. The van der Waals surface area contributed by atoms with Gasteiger partial charge in [-0.2, -0.15) is 0 Å². The van der Waals surface area contributed by atoms with Crippen molar-refractivity contribution >= 4 is 46.6 Å². The van der Waals surface area contributed by atoms with Crippen LogP contribution < -0.4 is 15.4 Å². The van der Waals surface area contributed by atoms with Crippen molar-refractivity contribution in [3.63, 3.8) is 0 Å². The molecule has 2 aromatic rings. The lowest BCUT2D eigenvalue weighted by molar-refractivity contribution is -0.131. The van der Waals surface area contributed by atoms with Crippen LogP contribution in [-0.4, -0.2) is 12.0 Å². The van der Waals surface area contributed by atoms with E-state index in [0.717, 1.165) is 0 Å². The third-order valence-electron chi connectivity index (χ3n) is 2.55. The molecule has 0 atom stereocenters. The van der Waals surface area contributed by atoms with E-state index in [1.54, 1.807) is 36.4 Å². The maximum atomic E-state index is 11.9. The summed E-state index contributed by atoms with van der Waals surface area (Å²) in [5.74, 6) is -0.0987. The quantitative estimate of drug-likeness (QED) is 0.636. The van der Waals surface area contributed by atoms with Gasteiger partial charge in [0.25, 0.3) is 0 Å². The third kappa shape index (κ3) is 4.38. The van der Waals surface area contributed by atoms with Crippen molar-refractivity contribution in [2.45, 2.75) is 6.92 Å². The SMILES string of the molecule is CC(=O)Oc1cccc(NC(=O)Nc2cccc(Cl)c2Cl)c1. The van der Waals surface area contributed by atoms with Crippen LogP contribution in [-0.2, 0) is 4.79 Å². The van der Waals surface area contributed by atoms with E-state index in [1.807, 2.05) is 0 Å². The lowest BCUT2D eigenvalue weighted by Gasteiger charge is -2.10. The van der Waals surface area contributed by atoms with Crippen LogP contribution in [0.2, 0.25) is 10.0 Å². The Morgan fingerprint density at radius 1 is 1.05 bits per heavy atom. The van der Waals surface area contributed by atoms with Gasteiger partial charge in [-0.15, -0.1) is 0 Å². The minimum atomic E-state index is -0.496. The molecule has 7 heteroatoms. The lowest BCUT2D eigenvalue weighted by atomic mass is 10.3. The van der Waals surface area contributed by atoms with Crippen LogP contribution in [0.1, 0.15) is 6.92 Å².